The van der Waals surface area contributed by atoms with Gasteiger partial charge in [-0.1, -0.05) is 23.7 Å². The molecule has 2 N–H and O–H groups in total. The van der Waals surface area contributed by atoms with E-state index < -0.39 is 36.8 Å². The van der Waals surface area contributed by atoms with Crippen LogP contribution in [0.4, 0.5) is 13.2 Å². The Balaban J connectivity index is 1.09. The van der Waals surface area contributed by atoms with E-state index in [2.05, 4.69) is 4.90 Å². The van der Waals surface area contributed by atoms with Crippen LogP contribution in [0.5, 0.6) is 23.0 Å². The second-order valence-electron chi connectivity index (χ2n) is 12.8. The lowest BCUT2D eigenvalue weighted by Crippen LogP contribution is -2.49. The van der Waals surface area contributed by atoms with Crippen LogP contribution in [0, 0.1) is 0 Å². The van der Waals surface area contributed by atoms with Crippen molar-refractivity contribution in [1.82, 2.24) is 9.80 Å². The number of likely N-dealkylation sites (tertiary alicyclic amines) is 2. The van der Waals surface area contributed by atoms with Gasteiger partial charge in [0.2, 0.25) is 0 Å². The van der Waals surface area contributed by atoms with Crippen molar-refractivity contribution in [2.75, 3.05) is 46.4 Å². The van der Waals surface area contributed by atoms with E-state index in [9.17, 15) is 28.2 Å². The molecule has 2 saturated heterocycles. The molecule has 1 spiro atoms. The number of hydrogen-bond donors (Lipinski definition) is 2. The molecular formula is C35H38ClF3N2O7. The van der Waals surface area contributed by atoms with Gasteiger partial charge in [0.05, 0.1) is 19.2 Å². The van der Waals surface area contributed by atoms with E-state index in [0.717, 1.165) is 41.0 Å². The van der Waals surface area contributed by atoms with Gasteiger partial charge in [0.1, 0.15) is 47.9 Å². The Bertz CT molecular complexity index is 1610. The molecule has 13 heteroatoms. The lowest BCUT2D eigenvalue weighted by atomic mass is 9.87. The molecule has 0 saturated carbocycles. The van der Waals surface area contributed by atoms with E-state index in [1.165, 1.54) is 18.2 Å². The fourth-order valence-corrected chi connectivity index (χ4v) is 6.70. The predicted octanol–water partition coefficient (Wildman–Crippen LogP) is 5.28. The van der Waals surface area contributed by atoms with Crippen LogP contribution < -0.4 is 18.9 Å². The summed E-state index contributed by atoms with van der Waals surface area (Å²) < 4.78 is 63.8. The summed E-state index contributed by atoms with van der Waals surface area (Å²) in [6, 6.07) is 17.4. The fraction of sp³-hybridized carbons (Fsp3) is 0.457. The summed E-state index contributed by atoms with van der Waals surface area (Å²) in [5, 5.41) is 21.8. The van der Waals surface area contributed by atoms with Crippen LogP contribution in [0.3, 0.4) is 0 Å². The quantitative estimate of drug-likeness (QED) is 0.297. The van der Waals surface area contributed by atoms with Crippen molar-refractivity contribution in [3.05, 3.63) is 82.4 Å². The number of benzene rings is 3. The number of carbonyl (C=O) groups excluding carboxylic acids is 1. The van der Waals surface area contributed by atoms with Crippen LogP contribution in [-0.2, 0) is 13.0 Å². The van der Waals surface area contributed by atoms with E-state index in [0.29, 0.717) is 36.2 Å². The maximum Gasteiger partial charge on any atom is 0.419 e. The first-order valence-corrected chi connectivity index (χ1v) is 16.2. The standard InChI is InChI=1S/C35H38ClF3N2O7/c1-45-27-5-2-23(3-6-27)20-46-28-7-8-29(32(43)41-15-12-34(44,22-41)35(37,38)39)31(17-28)47-21-26(42)19-40-13-10-33(11-14-40)18-24-16-25(36)4-9-30(24)48-33/h2-9,16-17,26,42,44H,10-15,18-22H2,1H3/t26-,34?/m0/s1. The molecule has 1 amide bonds. The number of nitrogens with zero attached hydrogens (tertiary/aromatic N) is 2. The highest BCUT2D eigenvalue weighted by Crippen LogP contribution is 2.42. The smallest absolute Gasteiger partial charge is 0.419 e. The molecule has 3 aliphatic heterocycles. The maximum atomic E-state index is 13.5. The van der Waals surface area contributed by atoms with Crippen molar-refractivity contribution in [3.63, 3.8) is 0 Å². The molecule has 0 bridgehead atoms. The molecule has 3 aliphatic rings. The van der Waals surface area contributed by atoms with E-state index in [1.807, 2.05) is 30.3 Å². The van der Waals surface area contributed by atoms with Crippen molar-refractivity contribution in [2.24, 2.45) is 0 Å². The Morgan fingerprint density at radius 1 is 1.00 bits per heavy atom. The average molecular weight is 691 g/mol. The molecule has 6 rings (SSSR count). The van der Waals surface area contributed by atoms with Crippen LogP contribution in [0.1, 0.15) is 40.7 Å². The lowest BCUT2D eigenvalue weighted by molar-refractivity contribution is -0.253. The van der Waals surface area contributed by atoms with Gasteiger partial charge in [-0.3, -0.25) is 4.79 Å². The molecule has 2 atom stereocenters. The third-order valence-corrected chi connectivity index (χ3v) is 9.57. The first kappa shape index (κ1) is 34.2. The van der Waals surface area contributed by atoms with Crippen molar-refractivity contribution >= 4 is 17.5 Å². The minimum Gasteiger partial charge on any atom is -0.497 e. The van der Waals surface area contributed by atoms with E-state index in [-0.39, 0.29) is 36.7 Å². The zero-order valence-electron chi connectivity index (χ0n) is 26.5. The largest absolute Gasteiger partial charge is 0.497 e. The number of hydrogen-bond acceptors (Lipinski definition) is 8. The first-order valence-electron chi connectivity index (χ1n) is 15.8. The van der Waals surface area contributed by atoms with Crippen LogP contribution >= 0.6 is 11.6 Å². The minimum absolute atomic E-state index is 0.00314. The number of methoxy groups -OCH3 is 1. The summed E-state index contributed by atoms with van der Waals surface area (Å²) >= 11 is 6.17. The predicted molar refractivity (Wildman–Crippen MR) is 171 cm³/mol. The number of alkyl halides is 3. The highest BCUT2D eigenvalue weighted by molar-refractivity contribution is 6.30. The van der Waals surface area contributed by atoms with Gasteiger partial charge in [-0.2, -0.15) is 13.2 Å². The molecule has 3 aromatic rings. The van der Waals surface area contributed by atoms with Crippen molar-refractivity contribution < 1.29 is 47.1 Å². The van der Waals surface area contributed by atoms with Crippen LogP contribution in [0.15, 0.2) is 60.7 Å². The van der Waals surface area contributed by atoms with Gasteiger partial charge in [-0.05, 0) is 53.6 Å². The second kappa shape index (κ2) is 13.7. The summed E-state index contributed by atoms with van der Waals surface area (Å²) in [4.78, 5) is 16.5. The number of β-amino-alcohol motifs (C(OH)–C–C–N with tert-alkyl or cyclic N) is 2. The zero-order chi connectivity index (χ0) is 34.1. The minimum atomic E-state index is -4.87. The van der Waals surface area contributed by atoms with Crippen LogP contribution in [-0.4, -0.2) is 95.8 Å². The molecule has 2 fully saturated rings. The van der Waals surface area contributed by atoms with Crippen LogP contribution in [0.2, 0.25) is 5.02 Å². The van der Waals surface area contributed by atoms with Gasteiger partial charge in [0, 0.05) is 63.0 Å². The Labute approximate surface area is 281 Å². The van der Waals surface area contributed by atoms with Crippen molar-refractivity contribution in [3.8, 4) is 23.0 Å². The van der Waals surface area contributed by atoms with Crippen molar-refractivity contribution in [1.29, 1.82) is 0 Å². The SMILES string of the molecule is COc1ccc(COc2ccc(C(=O)N3CCC(O)(C(F)(F)F)C3)c(OC[C@@H](O)CN3CCC4(CC3)Cc3cc(Cl)ccc3O4)c2)cc1. The lowest BCUT2D eigenvalue weighted by Gasteiger charge is -2.39. The second-order valence-corrected chi connectivity index (χ2v) is 13.2. The number of aliphatic hydroxyl groups is 2. The third-order valence-electron chi connectivity index (χ3n) is 9.34. The molecule has 9 nitrogen and oxygen atoms in total. The Kier molecular flexibility index (Phi) is 9.72. The van der Waals surface area contributed by atoms with Gasteiger partial charge in [0.15, 0.2) is 5.60 Å². The molecular weight excluding hydrogens is 653 g/mol. The Morgan fingerprint density at radius 3 is 2.42 bits per heavy atom. The summed E-state index contributed by atoms with van der Waals surface area (Å²) in [5.74, 6) is 1.25. The molecule has 0 aromatic heterocycles. The Hall–Kier alpha value is -3.71. The number of piperidine rings is 1. The number of rotatable bonds is 10. The monoisotopic (exact) mass is 690 g/mol. The average Bonchev–Trinajstić information content (AvgIpc) is 3.65. The summed E-state index contributed by atoms with van der Waals surface area (Å²) in [5.41, 5.74) is -1.31. The number of carbonyl (C=O) groups is 1. The maximum absolute atomic E-state index is 13.5. The summed E-state index contributed by atoms with van der Waals surface area (Å²) in [6.45, 7) is 0.592. The molecule has 1 unspecified atom stereocenters. The number of halogens is 4. The number of ether oxygens (including phenoxy) is 4. The number of fused-ring (bicyclic) bond motifs is 1. The summed E-state index contributed by atoms with van der Waals surface area (Å²) in [7, 11) is 1.57. The summed E-state index contributed by atoms with van der Waals surface area (Å²) in [6.07, 6.45) is -4.08. The number of aliphatic hydroxyl groups excluding tert-OH is 1. The van der Waals surface area contributed by atoms with Gasteiger partial charge in [-0.25, -0.2) is 0 Å². The third kappa shape index (κ3) is 7.46. The zero-order valence-corrected chi connectivity index (χ0v) is 27.2. The number of amides is 1. The molecule has 0 radical (unpaired) electrons. The molecule has 48 heavy (non-hydrogen) atoms. The van der Waals surface area contributed by atoms with Crippen LogP contribution in [0.25, 0.3) is 0 Å². The molecule has 3 heterocycles. The topological polar surface area (TPSA) is 101 Å². The van der Waals surface area contributed by atoms with Gasteiger partial charge in [0.25, 0.3) is 5.91 Å². The first-order chi connectivity index (χ1) is 22.9. The van der Waals surface area contributed by atoms with Gasteiger partial charge in [-0.15, -0.1) is 0 Å². The van der Waals surface area contributed by atoms with Gasteiger partial charge < -0.3 is 39.0 Å². The Morgan fingerprint density at radius 2 is 1.73 bits per heavy atom. The highest BCUT2D eigenvalue weighted by atomic mass is 35.5. The van der Waals surface area contributed by atoms with Crippen molar-refractivity contribution in [2.45, 2.75) is 55.8 Å². The highest BCUT2D eigenvalue weighted by Gasteiger charge is 2.58. The normalized spacial score (nSPS) is 21.1. The van der Waals surface area contributed by atoms with Gasteiger partial charge >= 0.3 is 6.18 Å². The van der Waals surface area contributed by atoms with E-state index >= 15 is 0 Å². The molecule has 0 aliphatic carbocycles. The van der Waals surface area contributed by atoms with E-state index in [4.69, 9.17) is 30.5 Å². The van der Waals surface area contributed by atoms with E-state index in [1.54, 1.807) is 19.2 Å². The molecule has 258 valence electrons. The molecule has 3 aromatic carbocycles. The fourth-order valence-electron chi connectivity index (χ4n) is 6.51.